The average Bonchev–Trinajstić information content (AvgIpc) is 2.77. The Labute approximate surface area is 189 Å². The molecule has 0 bridgehead atoms. The fourth-order valence-corrected chi connectivity index (χ4v) is 2.83. The molecular formula is C29H38O2. The van der Waals surface area contributed by atoms with Gasteiger partial charge in [0.05, 0.1) is 0 Å². The first kappa shape index (κ1) is 26.2. The molecule has 1 aromatic carbocycles. The molecule has 0 saturated carbocycles. The second-order valence-electron chi connectivity index (χ2n) is 7.17. The van der Waals surface area contributed by atoms with Gasteiger partial charge in [0.2, 0.25) is 0 Å². The number of hydrogen-bond donors (Lipinski definition) is 0. The average molecular weight is 419 g/mol. The normalized spacial score (nSPS) is 12.2. The number of carbonyl (C=O) groups is 1. The molecule has 31 heavy (non-hydrogen) atoms. The summed E-state index contributed by atoms with van der Waals surface area (Å²) in [5, 5.41) is 0. The molecule has 0 aliphatic carbocycles. The minimum Gasteiger partial charge on any atom is -0.426 e. The van der Waals surface area contributed by atoms with Crippen molar-refractivity contribution in [3.05, 3.63) is 103 Å². The molecule has 0 unspecified atom stereocenters. The molecule has 0 radical (unpaired) electrons. The third kappa shape index (κ3) is 14.7. The molecule has 1 rings (SSSR count). The Bertz CT molecular complexity index is 763. The lowest BCUT2D eigenvalue weighted by Crippen LogP contribution is -2.08. The lowest BCUT2D eigenvalue weighted by atomic mass is 10.1. The largest absolute Gasteiger partial charge is 0.426 e. The highest BCUT2D eigenvalue weighted by Crippen LogP contribution is 2.19. The van der Waals surface area contributed by atoms with E-state index in [2.05, 4.69) is 74.3 Å². The second kappa shape index (κ2) is 19.1. The Morgan fingerprint density at radius 1 is 0.839 bits per heavy atom. The van der Waals surface area contributed by atoms with Crippen molar-refractivity contribution >= 4 is 5.97 Å². The van der Waals surface area contributed by atoms with Crippen molar-refractivity contribution in [2.24, 2.45) is 0 Å². The molecule has 2 nitrogen and oxygen atoms in total. The summed E-state index contributed by atoms with van der Waals surface area (Å²) < 4.78 is 5.49. The lowest BCUT2D eigenvalue weighted by molar-refractivity contribution is -0.134. The standard InChI is InChI=1S/C29H38O2/c1-3-5-6-7-8-9-10-11-12-13-14-15-16-17-18-19-20-26-29(30)31-28-25-22-21-24-27(28)23-4-2/h4-6,8-9,11-12,14-15,17-18,21-22,24-25H,2-3,7,10,13,16,19-20,23,26H2,1H3/b6-5-,9-8-,12-11-,15-14-,18-17-. The maximum absolute atomic E-state index is 12.0. The Morgan fingerprint density at radius 2 is 1.39 bits per heavy atom. The quantitative estimate of drug-likeness (QED) is 0.117. The summed E-state index contributed by atoms with van der Waals surface area (Å²) in [5.74, 6) is 0.464. The van der Waals surface area contributed by atoms with E-state index < -0.39 is 0 Å². The number of rotatable bonds is 16. The highest BCUT2D eigenvalue weighted by Gasteiger charge is 2.07. The molecule has 0 N–H and O–H groups in total. The van der Waals surface area contributed by atoms with Crippen LogP contribution in [0.4, 0.5) is 0 Å². The Morgan fingerprint density at radius 3 is 1.97 bits per heavy atom. The summed E-state index contributed by atoms with van der Waals surface area (Å²) in [4.78, 5) is 12.0. The smallest absolute Gasteiger partial charge is 0.311 e. The minimum absolute atomic E-state index is 0.177. The summed E-state index contributed by atoms with van der Waals surface area (Å²) in [7, 11) is 0. The van der Waals surface area contributed by atoms with Gasteiger partial charge in [-0.05, 0) is 63.0 Å². The van der Waals surface area contributed by atoms with Gasteiger partial charge >= 0.3 is 5.97 Å². The molecular weight excluding hydrogens is 380 g/mol. The SMILES string of the molecule is C=CCc1ccccc1OC(=O)CCC/C=C\C/C=C\C/C=C\C/C=C\C/C=C\CC. The summed E-state index contributed by atoms with van der Waals surface area (Å²) in [5.41, 5.74) is 0.990. The van der Waals surface area contributed by atoms with Crippen LogP contribution in [0.5, 0.6) is 5.75 Å². The molecule has 0 saturated heterocycles. The van der Waals surface area contributed by atoms with Crippen molar-refractivity contribution in [1.29, 1.82) is 0 Å². The third-order valence-electron chi connectivity index (χ3n) is 4.47. The third-order valence-corrected chi connectivity index (χ3v) is 4.47. The van der Waals surface area contributed by atoms with Crippen LogP contribution in [0.15, 0.2) is 97.7 Å². The van der Waals surface area contributed by atoms with Gasteiger partial charge in [-0.1, -0.05) is 92.0 Å². The molecule has 0 amide bonds. The lowest BCUT2D eigenvalue weighted by Gasteiger charge is -2.08. The number of esters is 1. The van der Waals surface area contributed by atoms with Gasteiger partial charge in [0.1, 0.15) is 5.75 Å². The number of allylic oxidation sites excluding steroid dienone is 11. The second-order valence-corrected chi connectivity index (χ2v) is 7.17. The molecule has 0 atom stereocenters. The molecule has 2 heteroatoms. The van der Waals surface area contributed by atoms with Crippen molar-refractivity contribution in [2.45, 2.75) is 64.7 Å². The van der Waals surface area contributed by atoms with Gasteiger partial charge in [-0.2, -0.15) is 0 Å². The van der Waals surface area contributed by atoms with Crippen LogP contribution in [-0.4, -0.2) is 5.97 Å². The van der Waals surface area contributed by atoms with Crippen molar-refractivity contribution in [1.82, 2.24) is 0 Å². The van der Waals surface area contributed by atoms with Gasteiger partial charge in [-0.25, -0.2) is 0 Å². The molecule has 0 heterocycles. The molecule has 0 spiro atoms. The topological polar surface area (TPSA) is 26.3 Å². The Balaban J connectivity index is 2.08. The van der Waals surface area contributed by atoms with Crippen LogP contribution in [-0.2, 0) is 11.2 Å². The van der Waals surface area contributed by atoms with E-state index in [1.807, 2.05) is 30.3 Å². The van der Waals surface area contributed by atoms with E-state index in [0.717, 1.165) is 50.5 Å². The van der Waals surface area contributed by atoms with Gasteiger partial charge in [0.25, 0.3) is 0 Å². The van der Waals surface area contributed by atoms with Crippen LogP contribution < -0.4 is 4.74 Å². The maximum Gasteiger partial charge on any atom is 0.311 e. The van der Waals surface area contributed by atoms with Gasteiger partial charge < -0.3 is 4.74 Å². The van der Waals surface area contributed by atoms with E-state index in [1.165, 1.54) is 0 Å². The fraction of sp³-hybridized carbons (Fsp3) is 0.345. The van der Waals surface area contributed by atoms with Crippen molar-refractivity contribution in [2.75, 3.05) is 0 Å². The van der Waals surface area contributed by atoms with Crippen molar-refractivity contribution < 1.29 is 9.53 Å². The van der Waals surface area contributed by atoms with Crippen molar-refractivity contribution in [3.8, 4) is 5.75 Å². The van der Waals surface area contributed by atoms with E-state index in [9.17, 15) is 4.79 Å². The predicted octanol–water partition coefficient (Wildman–Crippen LogP) is 8.24. The van der Waals surface area contributed by atoms with E-state index in [0.29, 0.717) is 18.6 Å². The first-order valence-electron chi connectivity index (χ1n) is 11.4. The first-order valence-corrected chi connectivity index (χ1v) is 11.4. The molecule has 0 aliphatic rings. The van der Waals surface area contributed by atoms with Crippen molar-refractivity contribution in [3.63, 3.8) is 0 Å². The number of carbonyl (C=O) groups excluding carboxylic acids is 1. The van der Waals surface area contributed by atoms with Gasteiger partial charge in [-0.15, -0.1) is 6.58 Å². The molecule has 0 aromatic heterocycles. The van der Waals surface area contributed by atoms with Gasteiger partial charge in [-0.3, -0.25) is 4.79 Å². The molecule has 166 valence electrons. The fourth-order valence-electron chi connectivity index (χ4n) is 2.83. The van der Waals surface area contributed by atoms with Crippen LogP contribution in [0.3, 0.4) is 0 Å². The number of unbranched alkanes of at least 4 members (excludes halogenated alkanes) is 1. The van der Waals surface area contributed by atoms with E-state index in [-0.39, 0.29) is 5.97 Å². The van der Waals surface area contributed by atoms with Crippen LogP contribution in [0.2, 0.25) is 0 Å². The first-order chi connectivity index (χ1) is 15.3. The Hall–Kier alpha value is -2.87. The van der Waals surface area contributed by atoms with E-state index in [1.54, 1.807) is 0 Å². The maximum atomic E-state index is 12.0. The summed E-state index contributed by atoms with van der Waals surface area (Å²) in [6.07, 6.45) is 31.5. The Kier molecular flexibility index (Phi) is 16.1. The van der Waals surface area contributed by atoms with E-state index >= 15 is 0 Å². The predicted molar refractivity (Wildman–Crippen MR) is 134 cm³/mol. The van der Waals surface area contributed by atoms with E-state index in [4.69, 9.17) is 4.74 Å². The van der Waals surface area contributed by atoms with Crippen LogP contribution in [0, 0.1) is 0 Å². The zero-order chi connectivity index (χ0) is 22.4. The number of hydrogen-bond acceptors (Lipinski definition) is 2. The number of ether oxygens (including phenoxy) is 1. The van der Waals surface area contributed by atoms with Crippen LogP contribution >= 0.6 is 0 Å². The van der Waals surface area contributed by atoms with Gasteiger partial charge in [0, 0.05) is 6.42 Å². The summed E-state index contributed by atoms with van der Waals surface area (Å²) in [6.45, 7) is 5.89. The monoisotopic (exact) mass is 418 g/mol. The minimum atomic E-state index is -0.177. The molecule has 0 fully saturated rings. The zero-order valence-corrected chi connectivity index (χ0v) is 19.0. The molecule has 0 aliphatic heterocycles. The zero-order valence-electron chi connectivity index (χ0n) is 19.0. The summed E-state index contributed by atoms with van der Waals surface area (Å²) in [6, 6.07) is 7.62. The van der Waals surface area contributed by atoms with Crippen LogP contribution in [0.25, 0.3) is 0 Å². The summed E-state index contributed by atoms with van der Waals surface area (Å²) >= 11 is 0. The van der Waals surface area contributed by atoms with Crippen LogP contribution in [0.1, 0.15) is 63.9 Å². The highest BCUT2D eigenvalue weighted by atomic mass is 16.5. The number of benzene rings is 1. The number of para-hydroxylation sites is 1. The highest BCUT2D eigenvalue weighted by molar-refractivity contribution is 5.72. The van der Waals surface area contributed by atoms with Gasteiger partial charge in [0.15, 0.2) is 0 Å². The molecule has 1 aromatic rings.